The molecule has 0 saturated carbocycles. The topological polar surface area (TPSA) is 41.6 Å². The van der Waals surface area contributed by atoms with Gasteiger partial charge in [0.1, 0.15) is 6.61 Å². The lowest BCUT2D eigenvalue weighted by atomic mass is 9.93. The Balaban J connectivity index is 2.03. The normalized spacial score (nSPS) is 19.8. The zero-order valence-electron chi connectivity index (χ0n) is 11.1. The number of nitrogens with one attached hydrogen (secondary N) is 1. The Morgan fingerprint density at radius 1 is 1.39 bits per heavy atom. The third kappa shape index (κ3) is 2.64. The summed E-state index contributed by atoms with van der Waals surface area (Å²) in [5.74, 6) is 0. The van der Waals surface area contributed by atoms with Crippen molar-refractivity contribution in [3.63, 3.8) is 0 Å². The van der Waals surface area contributed by atoms with Crippen molar-refractivity contribution in [2.75, 3.05) is 13.7 Å². The van der Waals surface area contributed by atoms with Crippen LogP contribution in [-0.2, 0) is 11.3 Å². The molecule has 0 aromatic heterocycles. The van der Waals surface area contributed by atoms with Crippen LogP contribution in [-0.4, -0.2) is 36.2 Å². The number of nitrogens with zero attached hydrogens (tertiary/aromatic N) is 1. The first-order valence-corrected chi connectivity index (χ1v) is 6.18. The molecule has 4 nitrogen and oxygen atoms in total. The van der Waals surface area contributed by atoms with Crippen molar-refractivity contribution in [1.82, 2.24) is 10.2 Å². The molecular weight excluding hydrogens is 228 g/mol. The molecule has 1 saturated heterocycles. The fourth-order valence-corrected chi connectivity index (χ4v) is 2.09. The number of ether oxygens (including phenoxy) is 1. The van der Waals surface area contributed by atoms with E-state index in [0.717, 1.165) is 6.54 Å². The van der Waals surface area contributed by atoms with E-state index < -0.39 is 0 Å². The molecular formula is C14H20N2O2. The predicted octanol–water partition coefficient (Wildman–Crippen LogP) is 2.01. The average Bonchev–Trinajstić information content (AvgIpc) is 2.78. The lowest BCUT2D eigenvalue weighted by Crippen LogP contribution is -2.55. The molecule has 18 heavy (non-hydrogen) atoms. The second kappa shape index (κ2) is 4.98. The average molecular weight is 248 g/mol. The van der Waals surface area contributed by atoms with Crippen LogP contribution in [0, 0.1) is 0 Å². The van der Waals surface area contributed by atoms with E-state index >= 15 is 0 Å². The van der Waals surface area contributed by atoms with E-state index in [0.29, 0.717) is 6.61 Å². The molecule has 4 heteroatoms. The summed E-state index contributed by atoms with van der Waals surface area (Å²) in [7, 11) is 2.07. The third-order valence-corrected chi connectivity index (χ3v) is 3.77. The van der Waals surface area contributed by atoms with Crippen LogP contribution in [0.1, 0.15) is 19.4 Å². The van der Waals surface area contributed by atoms with Gasteiger partial charge in [-0.3, -0.25) is 4.90 Å². The van der Waals surface area contributed by atoms with Crippen LogP contribution in [0.15, 0.2) is 30.3 Å². The number of alkyl carbamates (subject to hydrolysis) is 1. The van der Waals surface area contributed by atoms with Crippen LogP contribution in [0.25, 0.3) is 0 Å². The van der Waals surface area contributed by atoms with Crippen LogP contribution < -0.4 is 5.32 Å². The summed E-state index contributed by atoms with van der Waals surface area (Å²) < 4.78 is 4.98. The number of rotatable bonds is 4. The van der Waals surface area contributed by atoms with Crippen molar-refractivity contribution in [3.05, 3.63) is 35.9 Å². The van der Waals surface area contributed by atoms with Gasteiger partial charge < -0.3 is 10.1 Å². The molecule has 1 N–H and O–H groups in total. The summed E-state index contributed by atoms with van der Waals surface area (Å²) in [6.07, 6.45) is -0.318. The highest BCUT2D eigenvalue weighted by molar-refractivity contribution is 5.69. The number of hydrogen-bond acceptors (Lipinski definition) is 3. The standard InChI is InChI=1S/C14H20N2O2/c1-14(2,12-10-18-13(17)15-12)16(3)9-11-7-5-4-6-8-11/h4-8,12H,9-10H2,1-3H3,(H,15,17)/t12-/m1/s1. The largest absolute Gasteiger partial charge is 0.447 e. The summed E-state index contributed by atoms with van der Waals surface area (Å²) in [5.41, 5.74) is 1.11. The van der Waals surface area contributed by atoms with E-state index in [9.17, 15) is 4.79 Å². The van der Waals surface area contributed by atoms with Gasteiger partial charge >= 0.3 is 6.09 Å². The van der Waals surface area contributed by atoms with Crippen LogP contribution in [0.4, 0.5) is 4.79 Å². The quantitative estimate of drug-likeness (QED) is 0.886. The molecule has 0 aliphatic carbocycles. The van der Waals surface area contributed by atoms with Crippen molar-refractivity contribution in [2.24, 2.45) is 0 Å². The van der Waals surface area contributed by atoms with Gasteiger partial charge in [-0.2, -0.15) is 0 Å². The minimum Gasteiger partial charge on any atom is -0.447 e. The summed E-state index contributed by atoms with van der Waals surface area (Å²) >= 11 is 0. The van der Waals surface area contributed by atoms with Gasteiger partial charge in [0, 0.05) is 12.1 Å². The summed E-state index contributed by atoms with van der Waals surface area (Å²) in [4.78, 5) is 13.4. The van der Waals surface area contributed by atoms with E-state index in [2.05, 4.69) is 43.2 Å². The number of hydrogen-bond donors (Lipinski definition) is 1. The van der Waals surface area contributed by atoms with Gasteiger partial charge in [0.15, 0.2) is 0 Å². The van der Waals surface area contributed by atoms with E-state index in [-0.39, 0.29) is 17.7 Å². The van der Waals surface area contributed by atoms with Crippen molar-refractivity contribution in [2.45, 2.75) is 32.0 Å². The van der Waals surface area contributed by atoms with E-state index in [1.807, 2.05) is 18.2 Å². The molecule has 1 aliphatic heterocycles. The molecule has 98 valence electrons. The van der Waals surface area contributed by atoms with E-state index in [4.69, 9.17) is 4.74 Å². The first-order valence-electron chi connectivity index (χ1n) is 6.18. The first-order chi connectivity index (χ1) is 8.50. The second-order valence-corrected chi connectivity index (χ2v) is 5.29. The minimum atomic E-state index is -0.318. The molecule has 1 aliphatic rings. The van der Waals surface area contributed by atoms with Crippen LogP contribution >= 0.6 is 0 Å². The molecule has 0 radical (unpaired) electrons. The van der Waals surface area contributed by atoms with Gasteiger partial charge in [-0.05, 0) is 26.5 Å². The SMILES string of the molecule is CN(Cc1ccccc1)C(C)(C)[C@H]1COC(=O)N1. The molecule has 1 aromatic rings. The van der Waals surface area contributed by atoms with Crippen molar-refractivity contribution in [3.8, 4) is 0 Å². The molecule has 1 atom stereocenters. The lowest BCUT2D eigenvalue weighted by molar-refractivity contribution is 0.101. The molecule has 0 unspecified atom stereocenters. The molecule has 1 amide bonds. The van der Waals surface area contributed by atoms with Crippen LogP contribution in [0.2, 0.25) is 0 Å². The highest BCUT2D eigenvalue weighted by Gasteiger charge is 2.39. The summed E-state index contributed by atoms with van der Waals surface area (Å²) in [6, 6.07) is 10.3. The molecule has 1 fully saturated rings. The highest BCUT2D eigenvalue weighted by Crippen LogP contribution is 2.22. The summed E-state index contributed by atoms with van der Waals surface area (Å²) in [6.45, 7) is 5.52. The highest BCUT2D eigenvalue weighted by atomic mass is 16.6. The Bertz CT molecular complexity index is 417. The third-order valence-electron chi connectivity index (χ3n) is 3.77. The minimum absolute atomic E-state index is 0.0266. The van der Waals surface area contributed by atoms with Crippen molar-refractivity contribution >= 4 is 6.09 Å². The van der Waals surface area contributed by atoms with Gasteiger partial charge in [0.05, 0.1) is 6.04 Å². The number of carbonyl (C=O) groups is 1. The monoisotopic (exact) mass is 248 g/mol. The number of carbonyl (C=O) groups excluding carboxylic acids is 1. The van der Waals surface area contributed by atoms with Crippen molar-refractivity contribution < 1.29 is 9.53 Å². The fourth-order valence-electron chi connectivity index (χ4n) is 2.09. The number of benzene rings is 1. The van der Waals surface area contributed by atoms with Gasteiger partial charge in [-0.1, -0.05) is 30.3 Å². The Morgan fingerprint density at radius 3 is 2.61 bits per heavy atom. The predicted molar refractivity (Wildman–Crippen MR) is 70.3 cm³/mol. The van der Waals surface area contributed by atoms with Crippen LogP contribution in [0.5, 0.6) is 0 Å². The molecule has 0 spiro atoms. The summed E-state index contributed by atoms with van der Waals surface area (Å²) in [5, 5.41) is 2.86. The number of cyclic esters (lactones) is 1. The van der Waals surface area contributed by atoms with Gasteiger partial charge in [0.2, 0.25) is 0 Å². The Hall–Kier alpha value is -1.55. The van der Waals surface area contributed by atoms with E-state index in [1.165, 1.54) is 5.56 Å². The molecule has 2 rings (SSSR count). The van der Waals surface area contributed by atoms with E-state index in [1.54, 1.807) is 0 Å². The number of likely N-dealkylation sites (N-methyl/N-ethyl adjacent to an activating group) is 1. The molecule has 0 bridgehead atoms. The Kier molecular flexibility index (Phi) is 3.57. The van der Waals surface area contributed by atoms with Gasteiger partial charge in [0.25, 0.3) is 0 Å². The zero-order chi connectivity index (χ0) is 13.2. The zero-order valence-corrected chi connectivity index (χ0v) is 11.1. The maximum atomic E-state index is 11.1. The number of amides is 1. The Labute approximate surface area is 108 Å². The van der Waals surface area contributed by atoms with Gasteiger partial charge in [-0.15, -0.1) is 0 Å². The lowest BCUT2D eigenvalue weighted by Gasteiger charge is -2.39. The van der Waals surface area contributed by atoms with Crippen molar-refractivity contribution in [1.29, 1.82) is 0 Å². The second-order valence-electron chi connectivity index (χ2n) is 5.29. The fraction of sp³-hybridized carbons (Fsp3) is 0.500. The maximum absolute atomic E-state index is 11.1. The molecule has 1 aromatic carbocycles. The first kappa shape index (κ1) is 12.9. The van der Waals surface area contributed by atoms with Crippen LogP contribution in [0.3, 0.4) is 0 Å². The molecule has 1 heterocycles. The van der Waals surface area contributed by atoms with Gasteiger partial charge in [-0.25, -0.2) is 4.79 Å². The smallest absolute Gasteiger partial charge is 0.407 e. The maximum Gasteiger partial charge on any atom is 0.407 e. The Morgan fingerprint density at radius 2 is 2.06 bits per heavy atom.